The first kappa shape index (κ1) is 34.7. The van der Waals surface area contributed by atoms with E-state index in [9.17, 15) is 23.6 Å². The summed E-state index contributed by atoms with van der Waals surface area (Å²) in [5, 5.41) is 5.31. The van der Waals surface area contributed by atoms with Crippen molar-refractivity contribution in [3.05, 3.63) is 136 Å². The Kier molecular flexibility index (Phi) is 10.3. The number of nitrogens with one attached hydrogen (secondary N) is 2. The van der Waals surface area contributed by atoms with Crippen molar-refractivity contribution < 1.29 is 37.0 Å². The minimum atomic E-state index is -1.03. The van der Waals surface area contributed by atoms with Crippen LogP contribution in [0.15, 0.2) is 95.9 Å². The maximum atomic E-state index is 15.7. The molecule has 1 fully saturated rings. The summed E-state index contributed by atoms with van der Waals surface area (Å²) in [6.45, 7) is 1.74. The highest BCUT2D eigenvalue weighted by atomic mass is 19.1. The SMILES string of the molecule is CC(NC(=O)OCc1ccccc1)C(=O)NC1CCN(c2nc3c(-c4ccc(F)cc4F)cc(C(=O)OCc4ccccc4)c(=O)n3cc2F)C1. The molecule has 3 heterocycles. The van der Waals surface area contributed by atoms with Crippen LogP contribution in [0.5, 0.6) is 0 Å². The number of esters is 1. The zero-order valence-corrected chi connectivity index (χ0v) is 27.3. The van der Waals surface area contributed by atoms with Crippen LogP contribution in [-0.2, 0) is 27.5 Å². The minimum Gasteiger partial charge on any atom is -0.457 e. The van der Waals surface area contributed by atoms with Crippen LogP contribution >= 0.6 is 0 Å². The van der Waals surface area contributed by atoms with Gasteiger partial charge in [-0.1, -0.05) is 60.7 Å². The molecule has 262 valence electrons. The van der Waals surface area contributed by atoms with Crippen LogP contribution in [0, 0.1) is 17.5 Å². The third kappa shape index (κ3) is 8.01. The Morgan fingerprint density at radius 3 is 2.22 bits per heavy atom. The van der Waals surface area contributed by atoms with Crippen LogP contribution in [0.1, 0.15) is 34.8 Å². The molecule has 0 radical (unpaired) electrons. The van der Waals surface area contributed by atoms with Gasteiger partial charge in [0.1, 0.15) is 42.1 Å². The van der Waals surface area contributed by atoms with Gasteiger partial charge in [-0.3, -0.25) is 14.0 Å². The number of alkyl carbamates (subject to hydrolysis) is 1. The summed E-state index contributed by atoms with van der Waals surface area (Å²) in [5.41, 5.74) is -0.488. The zero-order chi connectivity index (χ0) is 36.1. The largest absolute Gasteiger partial charge is 0.457 e. The Morgan fingerprint density at radius 1 is 0.882 bits per heavy atom. The average molecular weight is 700 g/mol. The predicted molar refractivity (Wildman–Crippen MR) is 180 cm³/mol. The molecule has 1 aliphatic rings. The van der Waals surface area contributed by atoms with Gasteiger partial charge in [-0.15, -0.1) is 0 Å². The summed E-state index contributed by atoms with van der Waals surface area (Å²) in [4.78, 5) is 57.7. The fourth-order valence-corrected chi connectivity index (χ4v) is 5.66. The molecule has 5 aromatic rings. The molecule has 0 aliphatic carbocycles. The number of nitrogens with zero attached hydrogens (tertiary/aromatic N) is 3. The molecule has 1 aliphatic heterocycles. The van der Waals surface area contributed by atoms with Crippen LogP contribution in [0.4, 0.5) is 23.8 Å². The molecular formula is C37H32F3N5O6. The van der Waals surface area contributed by atoms with Gasteiger partial charge in [0, 0.05) is 36.3 Å². The first-order chi connectivity index (χ1) is 24.6. The number of amides is 2. The number of carbonyl (C=O) groups is 3. The second-order valence-electron chi connectivity index (χ2n) is 11.9. The van der Waals surface area contributed by atoms with Gasteiger partial charge in [0.05, 0.1) is 6.20 Å². The van der Waals surface area contributed by atoms with Crippen molar-refractivity contribution >= 4 is 29.4 Å². The summed E-state index contributed by atoms with van der Waals surface area (Å²) < 4.78 is 56.1. The van der Waals surface area contributed by atoms with E-state index in [1.807, 2.05) is 18.2 Å². The number of hydrogen-bond donors (Lipinski definition) is 2. The summed E-state index contributed by atoms with van der Waals surface area (Å²) in [7, 11) is 0. The van der Waals surface area contributed by atoms with Gasteiger partial charge in [-0.05, 0) is 42.7 Å². The van der Waals surface area contributed by atoms with Crippen molar-refractivity contribution in [2.45, 2.75) is 38.6 Å². The fraction of sp³-hybridized carbons (Fsp3) is 0.216. The molecule has 0 saturated carbocycles. The van der Waals surface area contributed by atoms with E-state index < -0.39 is 58.6 Å². The molecule has 51 heavy (non-hydrogen) atoms. The Morgan fingerprint density at radius 2 is 1.55 bits per heavy atom. The monoisotopic (exact) mass is 699 g/mol. The highest BCUT2D eigenvalue weighted by molar-refractivity contribution is 5.93. The van der Waals surface area contributed by atoms with Gasteiger partial charge in [0.2, 0.25) is 5.91 Å². The number of fused-ring (bicyclic) bond motifs is 1. The number of halogens is 3. The van der Waals surface area contributed by atoms with E-state index in [0.29, 0.717) is 18.1 Å². The molecule has 1 saturated heterocycles. The first-order valence-electron chi connectivity index (χ1n) is 16.0. The lowest BCUT2D eigenvalue weighted by molar-refractivity contribution is -0.123. The number of pyridine rings is 1. The number of rotatable bonds is 10. The molecule has 2 aromatic heterocycles. The van der Waals surface area contributed by atoms with Gasteiger partial charge in [-0.25, -0.2) is 27.7 Å². The van der Waals surface area contributed by atoms with Crippen LogP contribution in [0.3, 0.4) is 0 Å². The van der Waals surface area contributed by atoms with E-state index in [-0.39, 0.29) is 48.9 Å². The lowest BCUT2D eigenvalue weighted by atomic mass is 10.0. The molecule has 3 aromatic carbocycles. The Labute approximate surface area is 289 Å². The molecule has 14 heteroatoms. The molecule has 0 spiro atoms. The zero-order valence-electron chi connectivity index (χ0n) is 27.3. The van der Waals surface area contributed by atoms with E-state index in [4.69, 9.17) is 9.47 Å². The van der Waals surface area contributed by atoms with Crippen molar-refractivity contribution in [2.24, 2.45) is 0 Å². The molecule has 11 nitrogen and oxygen atoms in total. The molecule has 2 unspecified atom stereocenters. The number of anilines is 1. The predicted octanol–water partition coefficient (Wildman–Crippen LogP) is 5.15. The molecule has 2 N–H and O–H groups in total. The maximum Gasteiger partial charge on any atom is 0.408 e. The first-order valence-corrected chi connectivity index (χ1v) is 16.0. The molecule has 2 atom stereocenters. The standard InChI is InChI=1S/C37H32F3N5O6/c1-22(41-37(49)51-21-24-10-6-3-7-11-24)34(46)42-26-14-15-44(18-26)33-31(40)19-45-32(43-33)28(27-13-12-25(38)16-30(27)39)17-29(35(45)47)36(48)50-20-23-8-4-2-5-9-23/h2-13,16-17,19,22,26H,14-15,18,20-21H2,1H3,(H,41,49)(H,42,46). The van der Waals surface area contributed by atoms with E-state index >= 15 is 8.78 Å². The Balaban J connectivity index is 1.21. The van der Waals surface area contributed by atoms with Crippen molar-refractivity contribution in [1.29, 1.82) is 0 Å². The van der Waals surface area contributed by atoms with Crippen molar-refractivity contribution in [2.75, 3.05) is 18.0 Å². The number of ether oxygens (including phenoxy) is 2. The molecular weight excluding hydrogens is 667 g/mol. The second kappa shape index (κ2) is 15.2. The van der Waals surface area contributed by atoms with E-state index in [2.05, 4.69) is 15.6 Å². The Hall–Kier alpha value is -6.18. The normalized spacial score (nSPS) is 14.6. The van der Waals surface area contributed by atoms with Gasteiger partial charge in [0.15, 0.2) is 11.6 Å². The van der Waals surface area contributed by atoms with Gasteiger partial charge in [0.25, 0.3) is 5.56 Å². The van der Waals surface area contributed by atoms with Crippen LogP contribution in [0.2, 0.25) is 0 Å². The summed E-state index contributed by atoms with van der Waals surface area (Å²) >= 11 is 0. The summed E-state index contributed by atoms with van der Waals surface area (Å²) in [6.07, 6.45) is 0.465. The van der Waals surface area contributed by atoms with E-state index in [1.54, 1.807) is 47.4 Å². The highest BCUT2D eigenvalue weighted by Gasteiger charge is 2.30. The smallest absolute Gasteiger partial charge is 0.408 e. The summed E-state index contributed by atoms with van der Waals surface area (Å²) in [5.74, 6) is -4.48. The number of hydrogen-bond acceptors (Lipinski definition) is 8. The number of carbonyl (C=O) groups excluding carboxylic acids is 3. The summed E-state index contributed by atoms with van der Waals surface area (Å²) in [6, 6.07) is 20.2. The van der Waals surface area contributed by atoms with E-state index in [1.165, 1.54) is 6.92 Å². The maximum absolute atomic E-state index is 15.7. The third-order valence-corrected chi connectivity index (χ3v) is 8.30. The molecule has 6 rings (SSSR count). The fourth-order valence-electron chi connectivity index (χ4n) is 5.66. The van der Waals surface area contributed by atoms with Crippen molar-refractivity contribution in [3.8, 4) is 11.1 Å². The van der Waals surface area contributed by atoms with Crippen molar-refractivity contribution in [3.63, 3.8) is 0 Å². The lowest BCUT2D eigenvalue weighted by Gasteiger charge is -2.21. The minimum absolute atomic E-state index is 0.0320. The number of aromatic nitrogens is 2. The van der Waals surface area contributed by atoms with Crippen LogP contribution in [-0.4, -0.2) is 52.5 Å². The second-order valence-corrected chi connectivity index (χ2v) is 11.9. The molecule has 2 amide bonds. The lowest BCUT2D eigenvalue weighted by Crippen LogP contribution is -2.48. The third-order valence-electron chi connectivity index (χ3n) is 8.30. The van der Waals surface area contributed by atoms with Gasteiger partial charge < -0.3 is 25.0 Å². The van der Waals surface area contributed by atoms with Crippen LogP contribution in [0.25, 0.3) is 16.8 Å². The van der Waals surface area contributed by atoms with E-state index in [0.717, 1.165) is 34.4 Å². The van der Waals surface area contributed by atoms with Crippen molar-refractivity contribution in [1.82, 2.24) is 20.0 Å². The quantitative estimate of drug-likeness (QED) is 0.192. The average Bonchev–Trinajstić information content (AvgIpc) is 3.59. The highest BCUT2D eigenvalue weighted by Crippen LogP contribution is 2.30. The number of benzene rings is 3. The van der Waals surface area contributed by atoms with Gasteiger partial charge >= 0.3 is 12.1 Å². The van der Waals surface area contributed by atoms with Gasteiger partial charge in [-0.2, -0.15) is 0 Å². The topological polar surface area (TPSA) is 131 Å². The van der Waals surface area contributed by atoms with Crippen LogP contribution < -0.4 is 21.1 Å². The molecule has 0 bridgehead atoms. The Bertz CT molecular complexity index is 2150.